The summed E-state index contributed by atoms with van der Waals surface area (Å²) < 4.78 is 7.07. The van der Waals surface area contributed by atoms with Crippen LogP contribution in [-0.4, -0.2) is 68.3 Å². The number of hydrogen-bond acceptors (Lipinski definition) is 7. The lowest BCUT2D eigenvalue weighted by Crippen LogP contribution is -2.46. The zero-order valence-electron chi connectivity index (χ0n) is 14.7. The van der Waals surface area contributed by atoms with Crippen molar-refractivity contribution < 1.29 is 14.6 Å². The van der Waals surface area contributed by atoms with Crippen molar-refractivity contribution in [3.63, 3.8) is 0 Å². The lowest BCUT2D eigenvalue weighted by Gasteiger charge is -2.36. The molecule has 1 N–H and O–H groups in total. The SMILES string of the molecule is O=C(O)COc1ccc(CN2CCN(c3ccnc4nncn34)CC2)cc1. The van der Waals surface area contributed by atoms with Gasteiger partial charge in [-0.25, -0.2) is 9.78 Å². The minimum atomic E-state index is -0.977. The van der Waals surface area contributed by atoms with Gasteiger partial charge in [0.25, 0.3) is 5.78 Å². The van der Waals surface area contributed by atoms with Gasteiger partial charge in [0.2, 0.25) is 0 Å². The van der Waals surface area contributed by atoms with E-state index in [0.29, 0.717) is 11.5 Å². The Morgan fingerprint density at radius 1 is 1.11 bits per heavy atom. The molecule has 9 heteroatoms. The summed E-state index contributed by atoms with van der Waals surface area (Å²) >= 11 is 0. The van der Waals surface area contributed by atoms with Crippen molar-refractivity contribution in [1.29, 1.82) is 0 Å². The summed E-state index contributed by atoms with van der Waals surface area (Å²) in [5.74, 6) is 1.27. The zero-order valence-corrected chi connectivity index (χ0v) is 14.7. The third kappa shape index (κ3) is 3.98. The number of benzene rings is 1. The Kier molecular flexibility index (Phi) is 4.84. The lowest BCUT2D eigenvalue weighted by atomic mass is 10.2. The van der Waals surface area contributed by atoms with Crippen molar-refractivity contribution in [1.82, 2.24) is 24.5 Å². The van der Waals surface area contributed by atoms with Crippen LogP contribution in [0.1, 0.15) is 5.56 Å². The maximum absolute atomic E-state index is 10.5. The standard InChI is InChI=1S/C18H20N6O3/c25-17(26)12-27-15-3-1-14(2-4-15)11-22-7-9-23(10-8-22)16-5-6-19-18-21-20-13-24(16)18/h1-6,13H,7-12H2,(H,25,26). The van der Waals surface area contributed by atoms with Crippen molar-refractivity contribution in [3.05, 3.63) is 48.4 Å². The van der Waals surface area contributed by atoms with Gasteiger partial charge in [0.15, 0.2) is 6.61 Å². The van der Waals surface area contributed by atoms with Gasteiger partial charge < -0.3 is 14.7 Å². The Morgan fingerprint density at radius 3 is 2.63 bits per heavy atom. The van der Waals surface area contributed by atoms with Crippen molar-refractivity contribution in [2.75, 3.05) is 37.7 Å². The molecular weight excluding hydrogens is 348 g/mol. The zero-order chi connectivity index (χ0) is 18.6. The van der Waals surface area contributed by atoms with Crippen LogP contribution in [0, 0.1) is 0 Å². The summed E-state index contributed by atoms with van der Waals surface area (Å²) in [6, 6.07) is 9.57. The average Bonchev–Trinajstić information content (AvgIpc) is 3.17. The summed E-state index contributed by atoms with van der Waals surface area (Å²) in [4.78, 5) is 19.5. The first-order chi connectivity index (χ1) is 13.2. The van der Waals surface area contributed by atoms with Crippen molar-refractivity contribution >= 4 is 17.6 Å². The molecule has 0 bridgehead atoms. The number of carboxylic acids is 1. The average molecular weight is 368 g/mol. The summed E-state index contributed by atoms with van der Waals surface area (Å²) in [5, 5.41) is 16.6. The largest absolute Gasteiger partial charge is 0.482 e. The highest BCUT2D eigenvalue weighted by Gasteiger charge is 2.19. The molecular formula is C18H20N6O3. The number of aliphatic carboxylic acids is 1. The van der Waals surface area contributed by atoms with E-state index in [1.807, 2.05) is 34.7 Å². The van der Waals surface area contributed by atoms with Crippen LogP contribution in [0.25, 0.3) is 5.78 Å². The number of nitrogens with zero attached hydrogens (tertiary/aromatic N) is 6. The Labute approximate surface area is 155 Å². The monoisotopic (exact) mass is 368 g/mol. The predicted octanol–water partition coefficient (Wildman–Crippen LogP) is 0.910. The number of piperazine rings is 1. The first kappa shape index (κ1) is 17.2. The smallest absolute Gasteiger partial charge is 0.341 e. The topological polar surface area (TPSA) is 96.1 Å². The number of rotatable bonds is 6. The number of anilines is 1. The fourth-order valence-electron chi connectivity index (χ4n) is 3.22. The summed E-state index contributed by atoms with van der Waals surface area (Å²) in [7, 11) is 0. The van der Waals surface area contributed by atoms with Crippen molar-refractivity contribution in [2.24, 2.45) is 0 Å². The fourth-order valence-corrected chi connectivity index (χ4v) is 3.22. The number of fused-ring (bicyclic) bond motifs is 1. The summed E-state index contributed by atoms with van der Waals surface area (Å²) in [5.41, 5.74) is 1.18. The quantitative estimate of drug-likeness (QED) is 0.686. The maximum Gasteiger partial charge on any atom is 0.341 e. The molecule has 0 aliphatic carbocycles. The van der Waals surface area contributed by atoms with E-state index in [9.17, 15) is 4.79 Å². The predicted molar refractivity (Wildman–Crippen MR) is 97.8 cm³/mol. The summed E-state index contributed by atoms with van der Waals surface area (Å²) in [6.45, 7) is 4.25. The van der Waals surface area contributed by atoms with Crippen LogP contribution in [0.5, 0.6) is 5.75 Å². The van der Waals surface area contributed by atoms with Crippen molar-refractivity contribution in [3.8, 4) is 5.75 Å². The van der Waals surface area contributed by atoms with Crippen LogP contribution in [0.4, 0.5) is 5.82 Å². The van der Waals surface area contributed by atoms with Gasteiger partial charge in [-0.2, -0.15) is 0 Å². The van der Waals surface area contributed by atoms with E-state index >= 15 is 0 Å². The van der Waals surface area contributed by atoms with E-state index in [1.165, 1.54) is 5.56 Å². The second kappa shape index (κ2) is 7.58. The number of ether oxygens (including phenoxy) is 1. The van der Waals surface area contributed by atoms with Gasteiger partial charge in [-0.3, -0.25) is 9.30 Å². The minimum Gasteiger partial charge on any atom is -0.482 e. The molecule has 9 nitrogen and oxygen atoms in total. The Balaban J connectivity index is 1.33. The van der Waals surface area contributed by atoms with Gasteiger partial charge in [0, 0.05) is 38.9 Å². The Bertz CT molecular complexity index is 918. The van der Waals surface area contributed by atoms with Crippen LogP contribution >= 0.6 is 0 Å². The Hall–Kier alpha value is -3.20. The van der Waals surface area contributed by atoms with E-state index in [2.05, 4.69) is 25.0 Å². The lowest BCUT2D eigenvalue weighted by molar-refractivity contribution is -0.139. The molecule has 2 aromatic heterocycles. The molecule has 0 spiro atoms. The highest BCUT2D eigenvalue weighted by atomic mass is 16.5. The van der Waals surface area contributed by atoms with E-state index in [0.717, 1.165) is 38.5 Å². The molecule has 3 heterocycles. The minimum absolute atomic E-state index is 0.323. The third-order valence-electron chi connectivity index (χ3n) is 4.58. The highest BCUT2D eigenvalue weighted by Crippen LogP contribution is 2.18. The molecule has 0 saturated carbocycles. The molecule has 0 atom stereocenters. The molecule has 140 valence electrons. The second-order valence-corrected chi connectivity index (χ2v) is 6.39. The second-order valence-electron chi connectivity index (χ2n) is 6.39. The van der Waals surface area contributed by atoms with E-state index in [4.69, 9.17) is 9.84 Å². The molecule has 0 radical (unpaired) electrons. The first-order valence-electron chi connectivity index (χ1n) is 8.74. The normalized spacial score (nSPS) is 15.2. The van der Waals surface area contributed by atoms with Crippen LogP contribution in [0.3, 0.4) is 0 Å². The molecule has 1 fully saturated rings. The highest BCUT2D eigenvalue weighted by molar-refractivity contribution is 5.68. The molecule has 1 saturated heterocycles. The van der Waals surface area contributed by atoms with Crippen LogP contribution < -0.4 is 9.64 Å². The van der Waals surface area contributed by atoms with E-state index in [-0.39, 0.29) is 6.61 Å². The Morgan fingerprint density at radius 2 is 1.89 bits per heavy atom. The fraction of sp³-hybridized carbons (Fsp3) is 0.333. The van der Waals surface area contributed by atoms with Gasteiger partial charge in [-0.05, 0) is 23.8 Å². The molecule has 1 aliphatic heterocycles. The molecule has 0 unspecified atom stereocenters. The molecule has 1 aliphatic rings. The maximum atomic E-state index is 10.5. The molecule has 3 aromatic rings. The van der Waals surface area contributed by atoms with Gasteiger partial charge in [0.05, 0.1) is 0 Å². The summed E-state index contributed by atoms with van der Waals surface area (Å²) in [6.07, 6.45) is 3.46. The molecule has 27 heavy (non-hydrogen) atoms. The number of hydrogen-bond donors (Lipinski definition) is 1. The number of carbonyl (C=O) groups is 1. The van der Waals surface area contributed by atoms with Crippen LogP contribution in [0.15, 0.2) is 42.9 Å². The third-order valence-corrected chi connectivity index (χ3v) is 4.58. The molecule has 4 rings (SSSR count). The van der Waals surface area contributed by atoms with E-state index in [1.54, 1.807) is 12.5 Å². The van der Waals surface area contributed by atoms with Gasteiger partial charge in [0.1, 0.15) is 17.9 Å². The molecule has 0 amide bonds. The number of carboxylic acid groups (broad SMARTS) is 1. The number of aromatic nitrogens is 4. The van der Waals surface area contributed by atoms with Gasteiger partial charge >= 0.3 is 5.97 Å². The van der Waals surface area contributed by atoms with Gasteiger partial charge in [-0.15, -0.1) is 10.2 Å². The van der Waals surface area contributed by atoms with Crippen LogP contribution in [0.2, 0.25) is 0 Å². The first-order valence-corrected chi connectivity index (χ1v) is 8.74. The molecule has 1 aromatic carbocycles. The van der Waals surface area contributed by atoms with Gasteiger partial charge in [-0.1, -0.05) is 12.1 Å². The van der Waals surface area contributed by atoms with Crippen molar-refractivity contribution in [2.45, 2.75) is 6.54 Å². The van der Waals surface area contributed by atoms with Crippen LogP contribution in [-0.2, 0) is 11.3 Å². The van der Waals surface area contributed by atoms with E-state index < -0.39 is 5.97 Å².